The number of hydrogen-bond acceptors (Lipinski definition) is 4. The zero-order chi connectivity index (χ0) is 12.5. The van der Waals surface area contributed by atoms with Crippen LogP contribution >= 0.6 is 0 Å². The molecule has 17 heavy (non-hydrogen) atoms. The number of amides is 1. The van der Waals surface area contributed by atoms with E-state index in [2.05, 4.69) is 15.8 Å². The van der Waals surface area contributed by atoms with Gasteiger partial charge in [0.2, 0.25) is 5.91 Å². The van der Waals surface area contributed by atoms with Crippen LogP contribution in [-0.2, 0) is 11.3 Å². The number of aryl methyl sites for hydroxylation is 2. The third-order valence-electron chi connectivity index (χ3n) is 3.52. The molecule has 0 spiro atoms. The molecule has 2 N–H and O–H groups in total. The largest absolute Gasteiger partial charge is 0.361 e. The molecule has 2 heterocycles. The van der Waals surface area contributed by atoms with Gasteiger partial charge in [-0.15, -0.1) is 0 Å². The zero-order valence-corrected chi connectivity index (χ0v) is 10.6. The van der Waals surface area contributed by atoms with Gasteiger partial charge in [-0.25, -0.2) is 0 Å². The molecule has 1 aromatic heterocycles. The van der Waals surface area contributed by atoms with Crippen LogP contribution in [-0.4, -0.2) is 24.2 Å². The lowest BCUT2D eigenvalue weighted by Crippen LogP contribution is -2.40. The first-order valence-corrected chi connectivity index (χ1v) is 5.94. The summed E-state index contributed by atoms with van der Waals surface area (Å²) in [5.41, 5.74) is 1.55. The molecule has 0 aromatic carbocycles. The molecule has 1 fully saturated rings. The minimum Gasteiger partial charge on any atom is -0.361 e. The van der Waals surface area contributed by atoms with Crippen molar-refractivity contribution in [2.45, 2.75) is 33.7 Å². The average molecular weight is 237 g/mol. The van der Waals surface area contributed by atoms with Crippen LogP contribution in [0.15, 0.2) is 4.52 Å². The molecule has 1 aromatic rings. The predicted octanol–water partition coefficient (Wildman–Crippen LogP) is 0.907. The Kier molecular flexibility index (Phi) is 3.19. The van der Waals surface area contributed by atoms with Crippen LogP contribution in [0.1, 0.15) is 30.4 Å². The van der Waals surface area contributed by atoms with Crippen molar-refractivity contribution in [3.05, 3.63) is 17.0 Å². The Labute approximate surface area is 101 Å². The number of nitrogens with one attached hydrogen (secondary N) is 2. The van der Waals surface area contributed by atoms with Crippen molar-refractivity contribution in [2.24, 2.45) is 5.41 Å². The molecule has 1 unspecified atom stereocenters. The summed E-state index contributed by atoms with van der Waals surface area (Å²) in [6.07, 6.45) is 0.889. The van der Waals surface area contributed by atoms with E-state index >= 15 is 0 Å². The van der Waals surface area contributed by atoms with Crippen LogP contribution in [0, 0.1) is 19.3 Å². The third kappa shape index (κ3) is 2.34. The standard InChI is InChI=1S/C12H19N3O2/c1-8-10(9(2)17-15-8)6-14-11(16)12(3)4-5-13-7-12/h13H,4-7H2,1-3H3,(H,14,16). The van der Waals surface area contributed by atoms with Gasteiger partial charge in [0, 0.05) is 18.7 Å². The molecular formula is C12H19N3O2. The van der Waals surface area contributed by atoms with Crippen LogP contribution in [0.4, 0.5) is 0 Å². The van der Waals surface area contributed by atoms with Crippen molar-refractivity contribution in [3.8, 4) is 0 Å². The van der Waals surface area contributed by atoms with E-state index in [-0.39, 0.29) is 11.3 Å². The first-order chi connectivity index (χ1) is 8.03. The van der Waals surface area contributed by atoms with Gasteiger partial charge in [0.25, 0.3) is 0 Å². The van der Waals surface area contributed by atoms with Crippen LogP contribution in [0.25, 0.3) is 0 Å². The number of carbonyl (C=O) groups excluding carboxylic acids is 1. The molecule has 1 aliphatic rings. The zero-order valence-electron chi connectivity index (χ0n) is 10.6. The average Bonchev–Trinajstić information content (AvgIpc) is 2.85. The minimum absolute atomic E-state index is 0.0995. The fourth-order valence-corrected chi connectivity index (χ4v) is 2.15. The van der Waals surface area contributed by atoms with Gasteiger partial charge in [-0.05, 0) is 33.7 Å². The summed E-state index contributed by atoms with van der Waals surface area (Å²) in [5, 5.41) is 10.1. The molecule has 5 nitrogen and oxygen atoms in total. The molecule has 0 saturated carbocycles. The van der Waals surface area contributed by atoms with E-state index in [1.165, 1.54) is 0 Å². The lowest BCUT2D eigenvalue weighted by atomic mass is 9.89. The van der Waals surface area contributed by atoms with Gasteiger partial charge in [0.15, 0.2) is 0 Å². The highest BCUT2D eigenvalue weighted by atomic mass is 16.5. The van der Waals surface area contributed by atoms with E-state index in [1.807, 2.05) is 20.8 Å². The van der Waals surface area contributed by atoms with Crippen molar-refractivity contribution >= 4 is 5.91 Å². The number of nitrogens with zero attached hydrogens (tertiary/aromatic N) is 1. The van der Waals surface area contributed by atoms with Crippen molar-refractivity contribution in [1.82, 2.24) is 15.8 Å². The minimum atomic E-state index is -0.279. The van der Waals surface area contributed by atoms with E-state index in [4.69, 9.17) is 4.52 Å². The highest BCUT2D eigenvalue weighted by Gasteiger charge is 2.36. The van der Waals surface area contributed by atoms with E-state index in [9.17, 15) is 4.79 Å². The lowest BCUT2D eigenvalue weighted by molar-refractivity contribution is -0.129. The molecule has 1 aliphatic heterocycles. The maximum Gasteiger partial charge on any atom is 0.227 e. The molecule has 1 saturated heterocycles. The van der Waals surface area contributed by atoms with Crippen molar-refractivity contribution in [1.29, 1.82) is 0 Å². The molecule has 94 valence electrons. The Bertz CT molecular complexity index is 400. The van der Waals surface area contributed by atoms with E-state index in [1.54, 1.807) is 0 Å². The van der Waals surface area contributed by atoms with Gasteiger partial charge in [0.05, 0.1) is 11.1 Å². The number of carbonyl (C=O) groups is 1. The third-order valence-corrected chi connectivity index (χ3v) is 3.52. The summed E-state index contributed by atoms with van der Waals surface area (Å²) < 4.78 is 5.06. The Hall–Kier alpha value is -1.36. The lowest BCUT2D eigenvalue weighted by Gasteiger charge is -2.21. The Morgan fingerprint density at radius 3 is 2.88 bits per heavy atom. The maximum atomic E-state index is 12.1. The van der Waals surface area contributed by atoms with Crippen LogP contribution in [0.5, 0.6) is 0 Å². The second kappa shape index (κ2) is 4.49. The van der Waals surface area contributed by atoms with Crippen LogP contribution < -0.4 is 10.6 Å². The number of aromatic nitrogens is 1. The SMILES string of the molecule is Cc1noc(C)c1CNC(=O)C1(C)CCNC1. The molecule has 0 aliphatic carbocycles. The number of hydrogen-bond donors (Lipinski definition) is 2. The van der Waals surface area contributed by atoms with Gasteiger partial charge in [0.1, 0.15) is 5.76 Å². The van der Waals surface area contributed by atoms with Crippen molar-refractivity contribution in [2.75, 3.05) is 13.1 Å². The summed E-state index contributed by atoms with van der Waals surface area (Å²) in [7, 11) is 0. The molecule has 0 bridgehead atoms. The van der Waals surface area contributed by atoms with Gasteiger partial charge < -0.3 is 15.2 Å². The summed E-state index contributed by atoms with van der Waals surface area (Å²) in [6, 6.07) is 0. The molecule has 1 atom stereocenters. The first kappa shape index (κ1) is 12.1. The van der Waals surface area contributed by atoms with Gasteiger partial charge in [-0.3, -0.25) is 4.79 Å². The monoisotopic (exact) mass is 237 g/mol. The molecule has 2 rings (SSSR count). The topological polar surface area (TPSA) is 67.2 Å². The molecule has 5 heteroatoms. The van der Waals surface area contributed by atoms with Crippen LogP contribution in [0.3, 0.4) is 0 Å². The quantitative estimate of drug-likeness (QED) is 0.820. The number of rotatable bonds is 3. The molecule has 0 radical (unpaired) electrons. The first-order valence-electron chi connectivity index (χ1n) is 5.94. The van der Waals surface area contributed by atoms with Gasteiger partial charge >= 0.3 is 0 Å². The smallest absolute Gasteiger partial charge is 0.227 e. The normalized spacial score (nSPS) is 23.9. The Balaban J connectivity index is 1.97. The van der Waals surface area contributed by atoms with Gasteiger partial charge in [-0.2, -0.15) is 0 Å². The summed E-state index contributed by atoms with van der Waals surface area (Å²) in [6.45, 7) is 7.90. The molecule has 1 amide bonds. The summed E-state index contributed by atoms with van der Waals surface area (Å²) >= 11 is 0. The maximum absolute atomic E-state index is 12.1. The van der Waals surface area contributed by atoms with Crippen molar-refractivity contribution in [3.63, 3.8) is 0 Å². The predicted molar refractivity (Wildman–Crippen MR) is 63.4 cm³/mol. The Morgan fingerprint density at radius 2 is 2.35 bits per heavy atom. The Morgan fingerprint density at radius 1 is 1.59 bits per heavy atom. The second-order valence-corrected chi connectivity index (χ2v) is 4.97. The van der Waals surface area contributed by atoms with Crippen molar-refractivity contribution < 1.29 is 9.32 Å². The summed E-state index contributed by atoms with van der Waals surface area (Å²) in [4.78, 5) is 12.1. The van der Waals surface area contributed by atoms with E-state index < -0.39 is 0 Å². The second-order valence-electron chi connectivity index (χ2n) is 4.97. The van der Waals surface area contributed by atoms with Gasteiger partial charge in [-0.1, -0.05) is 5.16 Å². The van der Waals surface area contributed by atoms with E-state index in [0.717, 1.165) is 36.5 Å². The van der Waals surface area contributed by atoms with E-state index in [0.29, 0.717) is 6.54 Å². The fourth-order valence-electron chi connectivity index (χ4n) is 2.15. The van der Waals surface area contributed by atoms with Crippen LogP contribution in [0.2, 0.25) is 0 Å². The fraction of sp³-hybridized carbons (Fsp3) is 0.667. The highest BCUT2D eigenvalue weighted by molar-refractivity contribution is 5.82. The highest BCUT2D eigenvalue weighted by Crippen LogP contribution is 2.24. The summed E-state index contributed by atoms with van der Waals surface area (Å²) in [5.74, 6) is 0.875. The molecular weight excluding hydrogens is 218 g/mol.